The lowest BCUT2D eigenvalue weighted by Crippen LogP contribution is -2.52. The summed E-state index contributed by atoms with van der Waals surface area (Å²) in [6, 6.07) is 18.6. The van der Waals surface area contributed by atoms with Gasteiger partial charge in [0.1, 0.15) is 18.5 Å². The number of nitrogens with one attached hydrogen (secondary N) is 2. The topological polar surface area (TPSA) is 166 Å². The predicted octanol–water partition coefficient (Wildman–Crippen LogP) is 4.97. The maximum Gasteiger partial charge on any atom is 0.407 e. The van der Waals surface area contributed by atoms with Crippen LogP contribution in [0.3, 0.4) is 0 Å². The number of rotatable bonds is 11. The van der Waals surface area contributed by atoms with Crippen LogP contribution in [0, 0.1) is 10.1 Å². The van der Waals surface area contributed by atoms with Gasteiger partial charge in [0.05, 0.1) is 15.2 Å². The molecule has 0 saturated heterocycles. The summed E-state index contributed by atoms with van der Waals surface area (Å²) in [7, 11) is -3.98. The number of nitro groups is 1. The first-order valence-corrected chi connectivity index (χ1v) is 15.5. The first-order valence-electron chi connectivity index (χ1n) is 14.0. The minimum absolute atomic E-state index is 0.0196. The fourth-order valence-electron chi connectivity index (χ4n) is 5.59. The molecule has 43 heavy (non-hydrogen) atoms. The second-order valence-electron chi connectivity index (χ2n) is 10.7. The number of pyridine rings is 1. The predicted molar refractivity (Wildman–Crippen MR) is 160 cm³/mol. The van der Waals surface area contributed by atoms with Gasteiger partial charge in [0.25, 0.3) is 10.0 Å². The van der Waals surface area contributed by atoms with Crippen molar-refractivity contribution < 1.29 is 28.0 Å². The minimum Gasteiger partial charge on any atom is -0.445 e. The number of hydrogen-bond acceptors (Lipinski definition) is 9. The van der Waals surface area contributed by atoms with Gasteiger partial charge < -0.3 is 20.5 Å². The lowest BCUT2D eigenvalue weighted by Gasteiger charge is -2.41. The highest BCUT2D eigenvalue weighted by Crippen LogP contribution is 2.38. The van der Waals surface area contributed by atoms with Crippen LogP contribution < -0.4 is 10.6 Å². The Hall–Kier alpha value is -4.49. The molecule has 13 heteroatoms. The zero-order valence-electron chi connectivity index (χ0n) is 23.4. The molecule has 0 radical (unpaired) electrons. The molecule has 2 heterocycles. The summed E-state index contributed by atoms with van der Waals surface area (Å²) in [6.45, 7) is 0.114. The third-order valence-corrected chi connectivity index (χ3v) is 9.52. The Morgan fingerprint density at radius 3 is 2.42 bits per heavy atom. The van der Waals surface area contributed by atoms with Crippen molar-refractivity contribution in [3.05, 3.63) is 94.8 Å². The highest BCUT2D eigenvalue weighted by atomic mass is 32.2. The summed E-state index contributed by atoms with van der Waals surface area (Å²) in [6.07, 6.45) is 5.16. The Bertz CT molecular complexity index is 1690. The Morgan fingerprint density at radius 1 is 1.09 bits per heavy atom. The van der Waals surface area contributed by atoms with E-state index in [1.807, 2.05) is 30.3 Å². The van der Waals surface area contributed by atoms with Crippen molar-refractivity contribution in [1.82, 2.24) is 14.3 Å². The molecular formula is C30H33N5O7S. The number of fused-ring (bicyclic) bond motifs is 1. The number of ether oxygens (including phenoxy) is 1. The molecule has 2 aromatic carbocycles. The highest BCUT2D eigenvalue weighted by Gasteiger charge is 2.37. The third-order valence-electron chi connectivity index (χ3n) is 7.84. The Morgan fingerprint density at radius 2 is 1.77 bits per heavy atom. The molecule has 0 bridgehead atoms. The van der Waals surface area contributed by atoms with Crippen molar-refractivity contribution in [2.75, 3.05) is 11.9 Å². The number of aliphatic hydroxyl groups is 1. The summed E-state index contributed by atoms with van der Waals surface area (Å²) in [5, 5.41) is 28.1. The number of aromatic nitrogens is 2. The molecule has 5 rings (SSSR count). The number of benzene rings is 2. The van der Waals surface area contributed by atoms with Crippen molar-refractivity contribution in [3.63, 3.8) is 0 Å². The van der Waals surface area contributed by atoms with Crippen LogP contribution in [0.15, 0.2) is 84.0 Å². The van der Waals surface area contributed by atoms with Gasteiger partial charge in [-0.2, -0.15) is 0 Å². The maximum atomic E-state index is 13.3. The number of alkyl carbamates (subject to hydrolysis) is 1. The quantitative estimate of drug-likeness (QED) is 0.158. The lowest BCUT2D eigenvalue weighted by molar-refractivity contribution is -0.384. The second kappa shape index (κ2) is 12.8. The fourth-order valence-corrected chi connectivity index (χ4v) is 6.91. The number of nitrogens with zero attached hydrogens (tertiary/aromatic N) is 3. The molecule has 226 valence electrons. The van der Waals surface area contributed by atoms with Crippen LogP contribution in [0.1, 0.15) is 44.1 Å². The number of carbonyl (C=O) groups is 1. The van der Waals surface area contributed by atoms with Gasteiger partial charge in [0, 0.05) is 24.4 Å². The summed E-state index contributed by atoms with van der Waals surface area (Å²) in [5.74, 6) is 0. The molecule has 4 aromatic rings. The van der Waals surface area contributed by atoms with E-state index in [9.17, 15) is 28.4 Å². The third kappa shape index (κ3) is 6.62. The molecule has 0 aliphatic heterocycles. The molecule has 2 aromatic heterocycles. The standard InChI is InChI=1S/C30H33N5O7S/c36-19-7-15-30(33-29(37)42-21-22-8-3-1-4-9-22)16-12-23(13-17-30)32-27-25-14-18-34(28(25)31-20-26(27)35(38)39)43(40,41)24-10-5-2-6-11-24/h1-6,8-11,14,18,20,23,36H,7,12-13,15-17,19,21H2,(H,31,32)(H,33,37). The molecule has 1 fully saturated rings. The van der Waals surface area contributed by atoms with E-state index < -0.39 is 26.6 Å². The largest absolute Gasteiger partial charge is 0.445 e. The lowest BCUT2D eigenvalue weighted by atomic mass is 9.76. The molecule has 1 saturated carbocycles. The fraction of sp³-hybridized carbons (Fsp3) is 0.333. The van der Waals surface area contributed by atoms with Gasteiger partial charge in [0.15, 0.2) is 5.65 Å². The van der Waals surface area contributed by atoms with E-state index in [1.54, 1.807) is 18.2 Å². The van der Waals surface area contributed by atoms with Gasteiger partial charge in [0.2, 0.25) is 0 Å². The Balaban J connectivity index is 1.34. The van der Waals surface area contributed by atoms with Crippen LogP contribution in [0.2, 0.25) is 0 Å². The second-order valence-corrected chi connectivity index (χ2v) is 12.5. The summed E-state index contributed by atoms with van der Waals surface area (Å²) in [4.78, 5) is 28.4. The van der Waals surface area contributed by atoms with Crippen LogP contribution in [-0.2, 0) is 21.4 Å². The molecule has 0 unspecified atom stereocenters. The number of amides is 1. The number of hydrogen-bond donors (Lipinski definition) is 3. The zero-order chi connectivity index (χ0) is 30.5. The average molecular weight is 608 g/mol. The van der Waals surface area contributed by atoms with Crippen molar-refractivity contribution in [2.45, 2.75) is 61.6 Å². The van der Waals surface area contributed by atoms with Crippen molar-refractivity contribution in [1.29, 1.82) is 0 Å². The Kier molecular flexibility index (Phi) is 8.92. The van der Waals surface area contributed by atoms with E-state index in [4.69, 9.17) is 4.74 Å². The molecule has 1 amide bonds. The van der Waals surface area contributed by atoms with E-state index in [2.05, 4.69) is 15.6 Å². The Labute approximate surface area is 248 Å². The molecule has 3 N–H and O–H groups in total. The zero-order valence-corrected chi connectivity index (χ0v) is 24.2. The SMILES string of the molecule is O=C(NC1(CCCO)CCC(Nc2c([N+](=O)[O-])cnc3c2ccn3S(=O)(=O)c2ccccc2)CC1)OCc1ccccc1. The van der Waals surface area contributed by atoms with Crippen LogP contribution in [0.4, 0.5) is 16.2 Å². The summed E-state index contributed by atoms with van der Waals surface area (Å²) in [5.41, 5.74) is 0.280. The van der Waals surface area contributed by atoms with Crippen molar-refractivity contribution >= 4 is 38.5 Å². The van der Waals surface area contributed by atoms with Crippen molar-refractivity contribution in [3.8, 4) is 0 Å². The van der Waals surface area contributed by atoms with Gasteiger partial charge >= 0.3 is 11.8 Å². The van der Waals surface area contributed by atoms with E-state index in [0.717, 1.165) is 15.7 Å². The normalized spacial score (nSPS) is 18.7. The van der Waals surface area contributed by atoms with Crippen LogP contribution in [0.5, 0.6) is 0 Å². The van der Waals surface area contributed by atoms with E-state index >= 15 is 0 Å². The summed E-state index contributed by atoms with van der Waals surface area (Å²) >= 11 is 0. The van der Waals surface area contributed by atoms with Crippen LogP contribution in [-0.4, -0.2) is 51.7 Å². The smallest absolute Gasteiger partial charge is 0.407 e. The molecule has 1 aliphatic rings. The average Bonchev–Trinajstić information content (AvgIpc) is 3.47. The van der Waals surface area contributed by atoms with Crippen LogP contribution >= 0.6 is 0 Å². The summed E-state index contributed by atoms with van der Waals surface area (Å²) < 4.78 is 33.1. The molecular weight excluding hydrogens is 574 g/mol. The molecule has 1 aliphatic carbocycles. The molecule has 0 spiro atoms. The molecule has 12 nitrogen and oxygen atoms in total. The number of carbonyl (C=O) groups excluding carboxylic acids is 1. The number of aliphatic hydroxyl groups excluding tert-OH is 1. The monoisotopic (exact) mass is 607 g/mol. The minimum atomic E-state index is -3.98. The van der Waals surface area contributed by atoms with Crippen molar-refractivity contribution in [2.24, 2.45) is 0 Å². The first kappa shape index (κ1) is 30.0. The maximum absolute atomic E-state index is 13.3. The van der Waals surface area contributed by atoms with Gasteiger partial charge in [-0.3, -0.25) is 10.1 Å². The van der Waals surface area contributed by atoms with Gasteiger partial charge in [-0.25, -0.2) is 22.2 Å². The van der Waals surface area contributed by atoms with E-state index in [0.29, 0.717) is 43.9 Å². The van der Waals surface area contributed by atoms with E-state index in [1.165, 1.54) is 24.4 Å². The molecule has 0 atom stereocenters. The highest BCUT2D eigenvalue weighted by molar-refractivity contribution is 7.90. The van der Waals surface area contributed by atoms with Gasteiger partial charge in [-0.15, -0.1) is 0 Å². The van der Waals surface area contributed by atoms with E-state index in [-0.39, 0.29) is 41.2 Å². The van der Waals surface area contributed by atoms with Crippen LogP contribution in [0.25, 0.3) is 11.0 Å². The first-order chi connectivity index (χ1) is 20.7. The number of anilines is 1. The van der Waals surface area contributed by atoms with Gasteiger partial charge in [-0.1, -0.05) is 48.5 Å². The van der Waals surface area contributed by atoms with Gasteiger partial charge in [-0.05, 0) is 62.3 Å².